The number of nitrogens with two attached hydrogens (primary N) is 1. The van der Waals surface area contributed by atoms with Crippen molar-refractivity contribution in [3.8, 4) is 5.88 Å². The fourth-order valence-corrected chi connectivity index (χ4v) is 3.93. The fraction of sp³-hybridized carbons (Fsp3) is 0.227. The second-order valence-corrected chi connectivity index (χ2v) is 8.17. The molecule has 0 aliphatic carbocycles. The minimum atomic E-state index is -0.920. The number of rotatable bonds is 7. The van der Waals surface area contributed by atoms with Crippen molar-refractivity contribution in [1.82, 2.24) is 9.97 Å². The van der Waals surface area contributed by atoms with Crippen molar-refractivity contribution in [2.75, 3.05) is 6.61 Å². The van der Waals surface area contributed by atoms with E-state index in [1.165, 1.54) is 30.2 Å². The summed E-state index contributed by atoms with van der Waals surface area (Å²) in [6.45, 7) is 2.10. The van der Waals surface area contributed by atoms with Gasteiger partial charge in [-0.2, -0.15) is 0 Å². The molecule has 0 fully saturated rings. The van der Waals surface area contributed by atoms with Crippen LogP contribution in [0.3, 0.4) is 0 Å². The van der Waals surface area contributed by atoms with Crippen molar-refractivity contribution < 1.29 is 13.9 Å². The molecule has 1 atom stereocenters. The highest BCUT2D eigenvalue weighted by Crippen LogP contribution is 2.34. The van der Waals surface area contributed by atoms with Crippen LogP contribution in [0.15, 0.2) is 64.3 Å². The lowest BCUT2D eigenvalue weighted by molar-refractivity contribution is 0.0987. The van der Waals surface area contributed by atoms with E-state index in [0.29, 0.717) is 28.8 Å². The summed E-state index contributed by atoms with van der Waals surface area (Å²) >= 11 is 1.28. The minimum Gasteiger partial charge on any atom is -0.470 e. The van der Waals surface area contributed by atoms with Crippen LogP contribution in [0, 0.1) is 5.82 Å². The maximum absolute atomic E-state index is 14.5. The number of hydrogen-bond acceptors (Lipinski definition) is 8. The summed E-state index contributed by atoms with van der Waals surface area (Å²) in [4.78, 5) is 29.5. The molecule has 31 heavy (non-hydrogen) atoms. The average Bonchev–Trinajstić information content (AvgIpc) is 3.27. The Bertz CT molecular complexity index is 1130. The second kappa shape index (κ2) is 8.81. The lowest BCUT2D eigenvalue weighted by atomic mass is 9.90. The lowest BCUT2D eigenvalue weighted by Gasteiger charge is -2.26. The molecule has 2 aliphatic heterocycles. The summed E-state index contributed by atoms with van der Waals surface area (Å²) in [5, 5.41) is 2.15. The number of hydrogen-bond donors (Lipinski definition) is 1. The normalized spacial score (nSPS) is 19.8. The predicted molar refractivity (Wildman–Crippen MR) is 119 cm³/mol. The Hall–Kier alpha value is -3.33. The van der Waals surface area contributed by atoms with Crippen molar-refractivity contribution in [2.45, 2.75) is 25.3 Å². The molecule has 0 unspecified atom stereocenters. The van der Waals surface area contributed by atoms with Crippen molar-refractivity contribution in [2.24, 2.45) is 15.7 Å². The monoisotopic (exact) mass is 437 g/mol. The number of ether oxygens (including phenoxy) is 1. The third kappa shape index (κ3) is 4.88. The summed E-state index contributed by atoms with van der Waals surface area (Å²) in [6, 6.07) is 4.56. The van der Waals surface area contributed by atoms with Gasteiger partial charge in [-0.05, 0) is 36.1 Å². The van der Waals surface area contributed by atoms with Crippen LogP contribution in [0.2, 0.25) is 0 Å². The first-order chi connectivity index (χ1) is 14.9. The molecule has 0 radical (unpaired) electrons. The maximum atomic E-state index is 14.5. The highest BCUT2D eigenvalue weighted by Gasteiger charge is 2.29. The number of aliphatic imine (C=N–C) groups is 2. The summed E-state index contributed by atoms with van der Waals surface area (Å²) < 4.78 is 20.1. The predicted octanol–water partition coefficient (Wildman–Crippen LogP) is 3.57. The molecular formula is C22H20FN5O2S. The van der Waals surface area contributed by atoms with Gasteiger partial charge in [-0.15, -0.1) is 0 Å². The van der Waals surface area contributed by atoms with Crippen molar-refractivity contribution in [1.29, 1.82) is 0 Å². The Morgan fingerprint density at radius 3 is 2.90 bits per heavy atom. The molecule has 0 saturated heterocycles. The number of carbonyl (C=O) groups excluding carboxylic acids is 1. The zero-order chi connectivity index (χ0) is 21.8. The third-order valence-corrected chi connectivity index (χ3v) is 5.49. The summed E-state index contributed by atoms with van der Waals surface area (Å²) in [7, 11) is 0. The van der Waals surface area contributed by atoms with E-state index in [-0.39, 0.29) is 17.9 Å². The van der Waals surface area contributed by atoms with Gasteiger partial charge in [-0.3, -0.25) is 9.79 Å². The number of benzene rings is 1. The summed E-state index contributed by atoms with van der Waals surface area (Å²) in [5.41, 5.74) is 7.01. The second-order valence-electron chi connectivity index (χ2n) is 7.25. The number of carbonyl (C=O) groups is 1. The quantitative estimate of drug-likeness (QED) is 0.665. The molecule has 3 heterocycles. The van der Waals surface area contributed by atoms with Gasteiger partial charge >= 0.3 is 0 Å². The van der Waals surface area contributed by atoms with Gasteiger partial charge in [0, 0.05) is 24.6 Å². The lowest BCUT2D eigenvalue weighted by Crippen LogP contribution is -2.25. The average molecular weight is 438 g/mol. The number of halogens is 1. The summed E-state index contributed by atoms with van der Waals surface area (Å²) in [5.74, 6) is -0.320. The SMILES string of the molecule is C[C@@]1(c2cc(CC(=O)c3cnc(OCC4=NC=CC4)cn3)ccc2F)C=CSC(N)=N1. The smallest absolute Gasteiger partial charge is 0.232 e. The Balaban J connectivity index is 1.45. The molecule has 4 rings (SSSR count). The van der Waals surface area contributed by atoms with Crippen LogP contribution in [0.5, 0.6) is 5.88 Å². The number of ketones is 1. The Kier molecular flexibility index (Phi) is 5.94. The first-order valence-corrected chi connectivity index (χ1v) is 10.5. The first kappa shape index (κ1) is 20.9. The molecule has 2 aromatic rings. The number of amidine groups is 1. The van der Waals surface area contributed by atoms with Crippen LogP contribution in [0.25, 0.3) is 0 Å². The number of thioether (sulfide) groups is 1. The standard InChI is InChI=1S/C22H20FN5O2S/c1-22(6-8-31-21(24)28-22)16-9-14(4-5-17(16)23)10-19(29)18-11-27-20(12-26-18)30-13-15-3-2-7-25-15/h2,4-9,11-12H,3,10,13H2,1H3,(H2,24,28)/t22-/m0/s1. The number of aromatic nitrogens is 2. The van der Waals surface area contributed by atoms with E-state index >= 15 is 0 Å². The van der Waals surface area contributed by atoms with Gasteiger partial charge in [0.15, 0.2) is 11.0 Å². The van der Waals surface area contributed by atoms with Crippen LogP contribution in [-0.4, -0.2) is 33.2 Å². The Labute approximate surface area is 183 Å². The van der Waals surface area contributed by atoms with Gasteiger partial charge in [0.2, 0.25) is 5.88 Å². The van der Waals surface area contributed by atoms with Crippen molar-refractivity contribution in [3.63, 3.8) is 0 Å². The molecule has 0 saturated carbocycles. The van der Waals surface area contributed by atoms with E-state index in [1.807, 2.05) is 6.08 Å². The van der Waals surface area contributed by atoms with Gasteiger partial charge in [0.05, 0.1) is 18.1 Å². The highest BCUT2D eigenvalue weighted by molar-refractivity contribution is 8.16. The number of allylic oxidation sites excluding steroid dienone is 1. The van der Waals surface area contributed by atoms with E-state index in [2.05, 4.69) is 20.0 Å². The van der Waals surface area contributed by atoms with E-state index < -0.39 is 11.4 Å². The molecule has 1 aromatic carbocycles. The van der Waals surface area contributed by atoms with E-state index in [9.17, 15) is 9.18 Å². The molecule has 2 N–H and O–H groups in total. The third-order valence-electron chi connectivity index (χ3n) is 4.88. The van der Waals surface area contributed by atoms with Crippen molar-refractivity contribution >= 4 is 28.4 Å². The van der Waals surface area contributed by atoms with Crippen molar-refractivity contribution in [3.05, 3.63) is 77.0 Å². The van der Waals surface area contributed by atoms with E-state index in [0.717, 1.165) is 12.1 Å². The summed E-state index contributed by atoms with van der Waals surface area (Å²) in [6.07, 6.45) is 9.07. The topological polar surface area (TPSA) is 103 Å². The van der Waals surface area contributed by atoms with Gasteiger partial charge in [0.25, 0.3) is 0 Å². The van der Waals surface area contributed by atoms with Crippen LogP contribution < -0.4 is 10.5 Å². The van der Waals surface area contributed by atoms with E-state index in [4.69, 9.17) is 10.5 Å². The zero-order valence-corrected chi connectivity index (χ0v) is 17.6. The number of Topliss-reactive ketones (excluding diaryl/α,β-unsaturated/α-hetero) is 1. The molecule has 0 spiro atoms. The molecule has 158 valence electrons. The highest BCUT2D eigenvalue weighted by atomic mass is 32.2. The largest absolute Gasteiger partial charge is 0.470 e. The first-order valence-electron chi connectivity index (χ1n) is 9.60. The van der Waals surface area contributed by atoms with Gasteiger partial charge in [-0.1, -0.05) is 23.9 Å². The van der Waals surface area contributed by atoms with Crippen LogP contribution in [-0.2, 0) is 12.0 Å². The maximum Gasteiger partial charge on any atom is 0.232 e. The molecular weight excluding hydrogens is 417 g/mol. The van der Waals surface area contributed by atoms with Crippen LogP contribution >= 0.6 is 11.8 Å². The molecule has 7 nitrogen and oxygen atoms in total. The molecule has 0 amide bonds. The van der Waals surface area contributed by atoms with E-state index in [1.54, 1.807) is 36.7 Å². The molecule has 9 heteroatoms. The Morgan fingerprint density at radius 2 is 2.19 bits per heavy atom. The zero-order valence-electron chi connectivity index (χ0n) is 16.8. The molecule has 2 aliphatic rings. The Morgan fingerprint density at radius 1 is 1.32 bits per heavy atom. The van der Waals surface area contributed by atoms with Gasteiger partial charge in [-0.25, -0.2) is 19.4 Å². The van der Waals surface area contributed by atoms with Gasteiger partial charge in [0.1, 0.15) is 23.7 Å². The van der Waals surface area contributed by atoms with Crippen LogP contribution in [0.1, 0.15) is 35.0 Å². The molecule has 1 aromatic heterocycles. The fourth-order valence-electron chi connectivity index (χ4n) is 3.21. The minimum absolute atomic E-state index is 0.0539. The van der Waals surface area contributed by atoms with Crippen LogP contribution in [0.4, 0.5) is 4.39 Å². The van der Waals surface area contributed by atoms with Gasteiger partial charge < -0.3 is 10.5 Å². The number of nitrogens with zero attached hydrogens (tertiary/aromatic N) is 4. The molecule has 0 bridgehead atoms.